The molecule has 2 aliphatic rings. The number of fused-ring (bicyclic) bond motifs is 2. The number of rotatable bonds is 9. The molecule has 3 aromatic rings. The Morgan fingerprint density at radius 3 is 2.67 bits per heavy atom. The number of morpholine rings is 1. The molecule has 0 spiro atoms. The smallest absolute Gasteiger partial charge is 0.290 e. The van der Waals surface area contributed by atoms with Gasteiger partial charge in [-0.25, -0.2) is 0 Å². The molecular formula is C29H34N2O5. The lowest BCUT2D eigenvalue weighted by molar-refractivity contribution is 0.0314. The Labute approximate surface area is 211 Å². The second-order valence-corrected chi connectivity index (χ2v) is 9.66. The van der Waals surface area contributed by atoms with E-state index in [-0.39, 0.29) is 17.1 Å². The average Bonchev–Trinajstić information content (AvgIpc) is 3.18. The number of benzene rings is 2. The fourth-order valence-electron chi connectivity index (χ4n) is 5.10. The highest BCUT2D eigenvalue weighted by atomic mass is 16.5. The van der Waals surface area contributed by atoms with Crippen LogP contribution in [0.3, 0.4) is 0 Å². The van der Waals surface area contributed by atoms with Gasteiger partial charge in [0, 0.05) is 26.2 Å². The molecule has 7 heteroatoms. The maximum atomic E-state index is 13.8. The topological polar surface area (TPSA) is 72.2 Å². The predicted octanol–water partition coefficient (Wildman–Crippen LogP) is 4.55. The van der Waals surface area contributed by atoms with E-state index in [0.29, 0.717) is 49.4 Å². The number of amides is 1. The molecule has 190 valence electrons. The van der Waals surface area contributed by atoms with Gasteiger partial charge in [-0.3, -0.25) is 14.5 Å². The highest BCUT2D eigenvalue weighted by Gasteiger charge is 2.42. The Kier molecular flexibility index (Phi) is 7.39. The van der Waals surface area contributed by atoms with Crippen LogP contribution in [0, 0.1) is 6.92 Å². The summed E-state index contributed by atoms with van der Waals surface area (Å²) in [6.45, 7) is 9.01. The molecule has 1 saturated heterocycles. The van der Waals surface area contributed by atoms with Crippen LogP contribution in [0.5, 0.6) is 5.75 Å². The summed E-state index contributed by atoms with van der Waals surface area (Å²) >= 11 is 0. The summed E-state index contributed by atoms with van der Waals surface area (Å²) in [5.41, 5.74) is 2.55. The summed E-state index contributed by atoms with van der Waals surface area (Å²) in [5, 5.41) is 0.508. The highest BCUT2D eigenvalue weighted by molar-refractivity contribution is 5.99. The van der Waals surface area contributed by atoms with Crippen LogP contribution in [-0.2, 0) is 4.74 Å². The summed E-state index contributed by atoms with van der Waals surface area (Å²) in [6, 6.07) is 12.8. The van der Waals surface area contributed by atoms with Crippen LogP contribution in [0.25, 0.3) is 11.0 Å². The second kappa shape index (κ2) is 10.8. The van der Waals surface area contributed by atoms with Crippen molar-refractivity contribution in [3.8, 4) is 5.75 Å². The van der Waals surface area contributed by atoms with E-state index in [0.717, 1.165) is 49.2 Å². The van der Waals surface area contributed by atoms with Crippen molar-refractivity contribution in [1.29, 1.82) is 0 Å². The molecule has 2 aliphatic heterocycles. The number of aryl methyl sites for hydroxylation is 1. The van der Waals surface area contributed by atoms with Crippen LogP contribution in [0.4, 0.5) is 0 Å². The van der Waals surface area contributed by atoms with Crippen molar-refractivity contribution in [2.24, 2.45) is 0 Å². The number of carbonyl (C=O) groups is 1. The zero-order chi connectivity index (χ0) is 25.1. The van der Waals surface area contributed by atoms with Gasteiger partial charge < -0.3 is 18.8 Å². The number of ether oxygens (including phenoxy) is 2. The van der Waals surface area contributed by atoms with E-state index in [2.05, 4.69) is 11.8 Å². The summed E-state index contributed by atoms with van der Waals surface area (Å²) in [5.74, 6) is 0.661. The van der Waals surface area contributed by atoms with Crippen LogP contribution >= 0.6 is 0 Å². The monoisotopic (exact) mass is 490 g/mol. The minimum Gasteiger partial charge on any atom is -0.494 e. The Bertz CT molecular complexity index is 1290. The summed E-state index contributed by atoms with van der Waals surface area (Å²) in [7, 11) is 0. The van der Waals surface area contributed by atoms with Crippen molar-refractivity contribution in [3.05, 3.63) is 75.1 Å². The quantitative estimate of drug-likeness (QED) is 0.410. The molecule has 1 aromatic heterocycles. The number of unbranched alkanes of at least 4 members (excludes halogenated alkanes) is 2. The first kappa shape index (κ1) is 24.5. The number of hydrogen-bond donors (Lipinski definition) is 0. The molecule has 0 radical (unpaired) electrons. The number of nitrogens with zero attached hydrogens (tertiary/aromatic N) is 2. The maximum absolute atomic E-state index is 13.8. The van der Waals surface area contributed by atoms with E-state index in [4.69, 9.17) is 13.9 Å². The fraction of sp³-hybridized carbons (Fsp3) is 0.448. The molecular weight excluding hydrogens is 456 g/mol. The van der Waals surface area contributed by atoms with Gasteiger partial charge in [0.2, 0.25) is 5.76 Å². The van der Waals surface area contributed by atoms with E-state index < -0.39 is 6.04 Å². The fourth-order valence-corrected chi connectivity index (χ4v) is 5.10. The summed E-state index contributed by atoms with van der Waals surface area (Å²) in [4.78, 5) is 31.5. The van der Waals surface area contributed by atoms with Crippen molar-refractivity contribution >= 4 is 16.9 Å². The molecule has 36 heavy (non-hydrogen) atoms. The van der Waals surface area contributed by atoms with Crippen molar-refractivity contribution in [2.45, 2.75) is 39.2 Å². The molecule has 0 aliphatic carbocycles. The minimum absolute atomic E-state index is 0.142. The van der Waals surface area contributed by atoms with Gasteiger partial charge in [-0.2, -0.15) is 0 Å². The third-order valence-corrected chi connectivity index (χ3v) is 7.07. The lowest BCUT2D eigenvalue weighted by Crippen LogP contribution is -2.42. The van der Waals surface area contributed by atoms with E-state index in [1.807, 2.05) is 43.3 Å². The first-order valence-corrected chi connectivity index (χ1v) is 13.0. The van der Waals surface area contributed by atoms with Gasteiger partial charge in [0.1, 0.15) is 11.3 Å². The van der Waals surface area contributed by atoms with Crippen LogP contribution in [0.1, 0.15) is 59.5 Å². The van der Waals surface area contributed by atoms with Gasteiger partial charge in [0.25, 0.3) is 5.91 Å². The predicted molar refractivity (Wildman–Crippen MR) is 139 cm³/mol. The number of carbonyl (C=O) groups excluding carboxylic acids is 1. The molecule has 1 atom stereocenters. The Balaban J connectivity index is 1.53. The van der Waals surface area contributed by atoms with Crippen LogP contribution in [0.2, 0.25) is 0 Å². The Morgan fingerprint density at radius 2 is 1.86 bits per heavy atom. The zero-order valence-corrected chi connectivity index (χ0v) is 21.1. The zero-order valence-electron chi connectivity index (χ0n) is 21.1. The standard InChI is InChI=1S/C29H34N2O5/c1-3-4-5-15-35-22-8-6-7-21(19-22)26-25-27(32)23-18-20(2)9-10-24(23)36-28(25)29(33)31(26)12-11-30-13-16-34-17-14-30/h6-10,18-19,26H,3-5,11-17H2,1-2H3. The largest absolute Gasteiger partial charge is 0.494 e. The molecule has 2 aromatic carbocycles. The third-order valence-electron chi connectivity index (χ3n) is 7.07. The minimum atomic E-state index is -0.520. The Morgan fingerprint density at radius 1 is 1.03 bits per heavy atom. The van der Waals surface area contributed by atoms with Gasteiger partial charge in [0.05, 0.1) is 36.8 Å². The van der Waals surface area contributed by atoms with Crippen molar-refractivity contribution in [2.75, 3.05) is 46.0 Å². The second-order valence-electron chi connectivity index (χ2n) is 9.66. The molecule has 7 nitrogen and oxygen atoms in total. The Hall–Kier alpha value is -3.16. The molecule has 1 unspecified atom stereocenters. The molecule has 0 bridgehead atoms. The van der Waals surface area contributed by atoms with Gasteiger partial charge >= 0.3 is 0 Å². The molecule has 1 fully saturated rings. The lowest BCUT2D eigenvalue weighted by atomic mass is 9.98. The maximum Gasteiger partial charge on any atom is 0.290 e. The first-order chi connectivity index (χ1) is 17.6. The van der Waals surface area contributed by atoms with Crippen LogP contribution in [-0.4, -0.2) is 61.7 Å². The lowest BCUT2D eigenvalue weighted by Gasteiger charge is -2.31. The van der Waals surface area contributed by atoms with Crippen LogP contribution in [0.15, 0.2) is 51.7 Å². The summed E-state index contributed by atoms with van der Waals surface area (Å²) < 4.78 is 17.6. The first-order valence-electron chi connectivity index (χ1n) is 13.0. The van der Waals surface area contributed by atoms with Crippen LogP contribution < -0.4 is 10.2 Å². The van der Waals surface area contributed by atoms with Gasteiger partial charge in [0.15, 0.2) is 5.43 Å². The molecule has 0 N–H and O–H groups in total. The molecule has 5 rings (SSSR count). The average molecular weight is 491 g/mol. The van der Waals surface area contributed by atoms with E-state index in [1.165, 1.54) is 0 Å². The van der Waals surface area contributed by atoms with Gasteiger partial charge in [-0.05, 0) is 43.2 Å². The van der Waals surface area contributed by atoms with Gasteiger partial charge in [-0.1, -0.05) is 43.5 Å². The van der Waals surface area contributed by atoms with Crippen molar-refractivity contribution < 1.29 is 18.7 Å². The highest BCUT2D eigenvalue weighted by Crippen LogP contribution is 2.39. The molecule has 3 heterocycles. The van der Waals surface area contributed by atoms with Crippen molar-refractivity contribution in [1.82, 2.24) is 9.80 Å². The van der Waals surface area contributed by atoms with Gasteiger partial charge in [-0.15, -0.1) is 0 Å². The third kappa shape index (κ3) is 4.90. The van der Waals surface area contributed by atoms with Crippen molar-refractivity contribution in [3.63, 3.8) is 0 Å². The summed E-state index contributed by atoms with van der Waals surface area (Å²) in [6.07, 6.45) is 3.24. The van der Waals surface area contributed by atoms with E-state index >= 15 is 0 Å². The molecule has 0 saturated carbocycles. The van der Waals surface area contributed by atoms with E-state index in [9.17, 15) is 9.59 Å². The normalized spacial score (nSPS) is 18.1. The molecule has 1 amide bonds. The SMILES string of the molecule is CCCCCOc1cccc(C2c3c(oc4ccc(C)cc4c3=O)C(=O)N2CCN2CCOCC2)c1. The van der Waals surface area contributed by atoms with E-state index in [1.54, 1.807) is 11.0 Å². The number of hydrogen-bond acceptors (Lipinski definition) is 6.